The molecule has 7 nitrogen and oxygen atoms in total. The molecule has 0 radical (unpaired) electrons. The summed E-state index contributed by atoms with van der Waals surface area (Å²) < 4.78 is 45.1. The molecule has 2 saturated heterocycles. The number of nitrogens with one attached hydrogen (secondary N) is 1. The van der Waals surface area contributed by atoms with Crippen LogP contribution in [0.4, 0.5) is 13.2 Å². The highest BCUT2D eigenvalue weighted by Gasteiger charge is 2.39. The van der Waals surface area contributed by atoms with Crippen molar-refractivity contribution in [3.63, 3.8) is 0 Å². The summed E-state index contributed by atoms with van der Waals surface area (Å²) in [5, 5.41) is 3.28. The highest BCUT2D eigenvalue weighted by Crippen LogP contribution is 2.32. The van der Waals surface area contributed by atoms with E-state index in [0.717, 1.165) is 56.2 Å². The van der Waals surface area contributed by atoms with E-state index < -0.39 is 17.6 Å². The molecular formula is C27H31F3N4O3S. The van der Waals surface area contributed by atoms with Gasteiger partial charge in [-0.25, -0.2) is 0 Å². The lowest BCUT2D eigenvalue weighted by atomic mass is 9.96. The van der Waals surface area contributed by atoms with Crippen LogP contribution in [0.1, 0.15) is 40.0 Å². The van der Waals surface area contributed by atoms with E-state index in [1.807, 2.05) is 18.2 Å². The van der Waals surface area contributed by atoms with Gasteiger partial charge >= 0.3 is 6.18 Å². The molecule has 3 aliphatic heterocycles. The first-order valence-corrected chi connectivity index (χ1v) is 13.9. The van der Waals surface area contributed by atoms with Crippen molar-refractivity contribution in [2.24, 2.45) is 0 Å². The van der Waals surface area contributed by atoms with Crippen LogP contribution in [0.15, 0.2) is 42.6 Å². The fourth-order valence-corrected chi connectivity index (χ4v) is 6.65. The summed E-state index contributed by atoms with van der Waals surface area (Å²) in [6.07, 6.45) is -0.435. The van der Waals surface area contributed by atoms with Crippen molar-refractivity contribution in [1.82, 2.24) is 20.1 Å². The number of alkyl halides is 3. The molecule has 5 rings (SSSR count). The van der Waals surface area contributed by atoms with E-state index in [9.17, 15) is 22.8 Å². The van der Waals surface area contributed by atoms with Gasteiger partial charge in [0, 0.05) is 61.7 Å². The molecule has 4 heterocycles. The fraction of sp³-hybridized carbons (Fsp3) is 0.519. The number of aromatic nitrogens is 1. The minimum Gasteiger partial charge on any atom is -0.381 e. The molecule has 0 aliphatic carbocycles. The molecule has 1 unspecified atom stereocenters. The van der Waals surface area contributed by atoms with Gasteiger partial charge in [0.1, 0.15) is 0 Å². The normalized spacial score (nSPS) is 22.9. The van der Waals surface area contributed by atoms with E-state index in [2.05, 4.69) is 15.2 Å². The summed E-state index contributed by atoms with van der Waals surface area (Å²) in [5.41, 5.74) is 0.716. The largest absolute Gasteiger partial charge is 0.416 e. The van der Waals surface area contributed by atoms with Crippen LogP contribution in [-0.4, -0.2) is 83.3 Å². The number of hydrogen-bond donors (Lipinski definition) is 1. The van der Waals surface area contributed by atoms with Gasteiger partial charge < -0.3 is 15.0 Å². The molecule has 1 N–H and O–H groups in total. The van der Waals surface area contributed by atoms with Gasteiger partial charge in [-0.1, -0.05) is 12.1 Å². The van der Waals surface area contributed by atoms with Crippen molar-refractivity contribution < 1.29 is 27.5 Å². The lowest BCUT2D eigenvalue weighted by molar-refractivity contribution is -0.137. The zero-order chi connectivity index (χ0) is 26.7. The van der Waals surface area contributed by atoms with Crippen LogP contribution < -0.4 is 5.32 Å². The van der Waals surface area contributed by atoms with Crippen molar-refractivity contribution >= 4 is 23.6 Å². The zero-order valence-electron chi connectivity index (χ0n) is 21.0. The molecule has 2 amide bonds. The minimum atomic E-state index is -4.53. The average molecular weight is 549 g/mol. The Morgan fingerprint density at radius 1 is 1.16 bits per heavy atom. The van der Waals surface area contributed by atoms with Gasteiger partial charge in [-0.15, -0.1) is 11.8 Å². The molecule has 0 saturated carbocycles. The maximum absolute atomic E-state index is 13.2. The molecule has 0 bridgehead atoms. The zero-order valence-corrected chi connectivity index (χ0v) is 21.8. The Bertz CT molecular complexity index is 1140. The van der Waals surface area contributed by atoms with Crippen LogP contribution in [0.3, 0.4) is 0 Å². The number of carbonyl (C=O) groups is 2. The molecule has 1 aromatic heterocycles. The van der Waals surface area contributed by atoms with Crippen LogP contribution in [0.2, 0.25) is 0 Å². The Labute approximate surface area is 224 Å². The van der Waals surface area contributed by atoms with Gasteiger partial charge in [-0.2, -0.15) is 13.2 Å². The van der Waals surface area contributed by atoms with Crippen molar-refractivity contribution in [1.29, 1.82) is 0 Å². The third-order valence-electron chi connectivity index (χ3n) is 7.46. The first-order chi connectivity index (χ1) is 18.3. The number of carbonyl (C=O) groups excluding carboxylic acids is 2. The van der Waals surface area contributed by atoms with Gasteiger partial charge in [-0.3, -0.25) is 19.5 Å². The average Bonchev–Trinajstić information content (AvgIpc) is 3.32. The molecule has 2 aromatic rings. The number of fused-ring (bicyclic) bond motifs is 1. The first kappa shape index (κ1) is 27.0. The molecule has 3 aliphatic rings. The number of thioether (sulfide) groups is 1. The summed E-state index contributed by atoms with van der Waals surface area (Å²) in [5.74, 6) is -0.109. The molecule has 0 spiro atoms. The molecule has 2 fully saturated rings. The number of pyridine rings is 1. The van der Waals surface area contributed by atoms with Crippen molar-refractivity contribution in [2.75, 3.05) is 39.4 Å². The number of nitrogens with zero attached hydrogens (tertiary/aromatic N) is 3. The van der Waals surface area contributed by atoms with Gasteiger partial charge in [0.2, 0.25) is 5.91 Å². The number of amides is 2. The lowest BCUT2D eigenvalue weighted by Gasteiger charge is -2.31. The van der Waals surface area contributed by atoms with Crippen LogP contribution in [0.25, 0.3) is 0 Å². The highest BCUT2D eigenvalue weighted by molar-refractivity contribution is 7.99. The number of ether oxygens (including phenoxy) is 1. The molecule has 204 valence electrons. The van der Waals surface area contributed by atoms with Crippen LogP contribution >= 0.6 is 11.8 Å². The Hall–Kier alpha value is -2.63. The summed E-state index contributed by atoms with van der Waals surface area (Å²) in [6, 6.07) is 9.38. The smallest absolute Gasteiger partial charge is 0.381 e. The number of benzene rings is 1. The van der Waals surface area contributed by atoms with Crippen LogP contribution in [0, 0.1) is 0 Å². The molecule has 11 heteroatoms. The Morgan fingerprint density at radius 2 is 1.97 bits per heavy atom. The second kappa shape index (κ2) is 11.6. The summed E-state index contributed by atoms with van der Waals surface area (Å²) in [7, 11) is 0. The van der Waals surface area contributed by atoms with E-state index in [-0.39, 0.29) is 29.3 Å². The van der Waals surface area contributed by atoms with E-state index in [4.69, 9.17) is 4.74 Å². The Balaban J connectivity index is 1.23. The third-order valence-corrected chi connectivity index (χ3v) is 8.83. The Morgan fingerprint density at radius 3 is 2.71 bits per heavy atom. The maximum Gasteiger partial charge on any atom is 0.416 e. The predicted octanol–water partition coefficient (Wildman–Crippen LogP) is 3.38. The minimum absolute atomic E-state index is 0.0224. The molecule has 2 atom stereocenters. The summed E-state index contributed by atoms with van der Waals surface area (Å²) in [6.45, 7) is 3.13. The second-order valence-electron chi connectivity index (χ2n) is 9.99. The fourth-order valence-electron chi connectivity index (χ4n) is 5.41. The second-order valence-corrected chi connectivity index (χ2v) is 11.2. The molecule has 1 aromatic carbocycles. The number of rotatable bonds is 7. The predicted molar refractivity (Wildman–Crippen MR) is 138 cm³/mol. The Kier molecular flexibility index (Phi) is 8.25. The highest BCUT2D eigenvalue weighted by atomic mass is 32.2. The van der Waals surface area contributed by atoms with Crippen molar-refractivity contribution in [2.45, 2.75) is 48.5 Å². The molecular weight excluding hydrogens is 517 g/mol. The number of halogens is 3. The first-order valence-electron chi connectivity index (χ1n) is 12.9. The maximum atomic E-state index is 13.2. The quantitative estimate of drug-likeness (QED) is 0.572. The van der Waals surface area contributed by atoms with Gasteiger partial charge in [0.05, 0.1) is 23.8 Å². The van der Waals surface area contributed by atoms with E-state index in [0.29, 0.717) is 31.1 Å². The third kappa shape index (κ3) is 6.32. The van der Waals surface area contributed by atoms with Crippen LogP contribution in [-0.2, 0) is 27.9 Å². The summed E-state index contributed by atoms with van der Waals surface area (Å²) >= 11 is 1.76. The van der Waals surface area contributed by atoms with Gasteiger partial charge in [-0.05, 0) is 49.1 Å². The summed E-state index contributed by atoms with van der Waals surface area (Å²) in [4.78, 5) is 34.3. The molecule has 38 heavy (non-hydrogen) atoms. The lowest BCUT2D eigenvalue weighted by Crippen LogP contribution is -2.49. The SMILES string of the molecule is O=C(CN1CCc2ccc(C(F)(F)F)cc2C1=O)NC1CN(C2CCOCC2)C[C@@H]1SCc1ccccn1. The monoisotopic (exact) mass is 548 g/mol. The van der Waals surface area contributed by atoms with Crippen molar-refractivity contribution in [3.05, 3.63) is 65.0 Å². The van der Waals surface area contributed by atoms with Crippen LogP contribution in [0.5, 0.6) is 0 Å². The van der Waals surface area contributed by atoms with E-state index in [1.54, 1.807) is 18.0 Å². The van der Waals surface area contributed by atoms with Gasteiger partial charge in [0.25, 0.3) is 5.91 Å². The van der Waals surface area contributed by atoms with Crippen molar-refractivity contribution in [3.8, 4) is 0 Å². The van der Waals surface area contributed by atoms with E-state index in [1.165, 1.54) is 11.0 Å². The standard InChI is InChI=1S/C27H31F3N4O3S/c28-27(29,30)19-5-4-18-6-10-33(26(36)22(18)13-19)16-25(35)32-23-14-34(21-7-11-37-12-8-21)15-24(23)38-17-20-3-1-2-9-31-20/h1-5,9,13,21,23-24H,6-8,10-12,14-17H2,(H,32,35)/t23?,24-/m0/s1. The van der Waals surface area contributed by atoms with Gasteiger partial charge in [0.15, 0.2) is 0 Å². The number of likely N-dealkylation sites (tertiary alicyclic amines) is 1. The number of hydrogen-bond acceptors (Lipinski definition) is 6. The van der Waals surface area contributed by atoms with E-state index >= 15 is 0 Å². The topological polar surface area (TPSA) is 74.8 Å².